The Balaban J connectivity index is 2.10. The van der Waals surface area contributed by atoms with Crippen molar-refractivity contribution in [2.24, 2.45) is 0 Å². The van der Waals surface area contributed by atoms with Crippen molar-refractivity contribution in [2.45, 2.75) is 39.7 Å². The number of aryl methyl sites for hydroxylation is 1. The first-order valence-corrected chi connectivity index (χ1v) is 7.49. The van der Waals surface area contributed by atoms with Crippen LogP contribution in [0.15, 0.2) is 42.6 Å². The smallest absolute Gasteiger partial charge is 0.0447 e. The summed E-state index contributed by atoms with van der Waals surface area (Å²) in [5.74, 6) is 0. The summed E-state index contributed by atoms with van der Waals surface area (Å²) in [5.41, 5.74) is 5.09. The van der Waals surface area contributed by atoms with Gasteiger partial charge in [-0.25, -0.2) is 0 Å². The van der Waals surface area contributed by atoms with E-state index in [0.717, 1.165) is 25.1 Å². The van der Waals surface area contributed by atoms with Crippen LogP contribution >= 0.6 is 0 Å². The highest BCUT2D eigenvalue weighted by Crippen LogP contribution is 2.16. The van der Waals surface area contributed by atoms with Crippen LogP contribution in [0.2, 0.25) is 0 Å². The summed E-state index contributed by atoms with van der Waals surface area (Å²) in [7, 11) is 0. The van der Waals surface area contributed by atoms with Gasteiger partial charge in [-0.3, -0.25) is 4.98 Å². The van der Waals surface area contributed by atoms with Crippen molar-refractivity contribution in [1.82, 2.24) is 10.3 Å². The van der Waals surface area contributed by atoms with Gasteiger partial charge in [-0.2, -0.15) is 0 Å². The highest BCUT2D eigenvalue weighted by molar-refractivity contribution is 5.29. The van der Waals surface area contributed by atoms with Gasteiger partial charge in [0.05, 0.1) is 0 Å². The monoisotopic (exact) mass is 268 g/mol. The Morgan fingerprint density at radius 3 is 2.60 bits per heavy atom. The molecule has 2 nitrogen and oxygen atoms in total. The Bertz CT molecular complexity index is 531. The second-order valence-corrected chi connectivity index (χ2v) is 5.21. The van der Waals surface area contributed by atoms with Crippen LogP contribution in [0.4, 0.5) is 0 Å². The molecule has 106 valence electrons. The zero-order valence-corrected chi connectivity index (χ0v) is 12.7. The van der Waals surface area contributed by atoms with E-state index in [1.54, 1.807) is 0 Å². The van der Waals surface area contributed by atoms with Gasteiger partial charge in [0.2, 0.25) is 0 Å². The molecule has 20 heavy (non-hydrogen) atoms. The second kappa shape index (κ2) is 7.20. The van der Waals surface area contributed by atoms with Gasteiger partial charge in [0.15, 0.2) is 0 Å². The highest BCUT2D eigenvalue weighted by Gasteiger charge is 2.05. The third-order valence-corrected chi connectivity index (χ3v) is 3.64. The molecule has 1 heterocycles. The van der Waals surface area contributed by atoms with Gasteiger partial charge in [-0.05, 0) is 42.6 Å². The summed E-state index contributed by atoms with van der Waals surface area (Å²) in [6, 6.07) is 13.5. The average Bonchev–Trinajstić information content (AvgIpc) is 2.48. The second-order valence-electron chi connectivity index (χ2n) is 5.21. The molecule has 0 bridgehead atoms. The minimum Gasteiger partial charge on any atom is -0.310 e. The lowest BCUT2D eigenvalue weighted by Gasteiger charge is -2.13. The van der Waals surface area contributed by atoms with E-state index in [2.05, 4.69) is 67.5 Å². The maximum atomic E-state index is 4.54. The molecular weight excluding hydrogens is 244 g/mol. The van der Waals surface area contributed by atoms with Crippen LogP contribution in [-0.2, 0) is 12.8 Å². The zero-order chi connectivity index (χ0) is 14.4. The number of nitrogens with one attached hydrogen (secondary N) is 1. The van der Waals surface area contributed by atoms with Gasteiger partial charge in [-0.1, -0.05) is 44.2 Å². The maximum absolute atomic E-state index is 4.54. The molecule has 1 aromatic carbocycles. The summed E-state index contributed by atoms with van der Waals surface area (Å²) in [5, 5.41) is 3.45. The van der Waals surface area contributed by atoms with E-state index in [1.165, 1.54) is 16.7 Å². The number of benzene rings is 1. The van der Waals surface area contributed by atoms with Crippen LogP contribution in [0.25, 0.3) is 0 Å². The largest absolute Gasteiger partial charge is 0.310 e. The Morgan fingerprint density at radius 2 is 1.95 bits per heavy atom. The molecule has 0 spiro atoms. The van der Waals surface area contributed by atoms with E-state index in [-0.39, 0.29) is 0 Å². The van der Waals surface area contributed by atoms with Crippen molar-refractivity contribution in [1.29, 1.82) is 0 Å². The molecule has 0 amide bonds. The van der Waals surface area contributed by atoms with Crippen molar-refractivity contribution in [2.75, 3.05) is 6.54 Å². The SMILES string of the molecule is CCNC(C)c1cccc(Cc2ccc(CC)cn2)c1. The van der Waals surface area contributed by atoms with Crippen LogP contribution in [0.3, 0.4) is 0 Å². The fraction of sp³-hybridized carbons (Fsp3) is 0.389. The van der Waals surface area contributed by atoms with E-state index in [0.29, 0.717) is 6.04 Å². The van der Waals surface area contributed by atoms with E-state index in [9.17, 15) is 0 Å². The molecule has 2 heteroatoms. The van der Waals surface area contributed by atoms with E-state index < -0.39 is 0 Å². The third kappa shape index (κ3) is 3.91. The van der Waals surface area contributed by atoms with E-state index in [4.69, 9.17) is 0 Å². The highest BCUT2D eigenvalue weighted by atomic mass is 14.9. The topological polar surface area (TPSA) is 24.9 Å². The summed E-state index contributed by atoms with van der Waals surface area (Å²) in [6.45, 7) is 7.49. The van der Waals surface area contributed by atoms with Crippen molar-refractivity contribution in [3.05, 3.63) is 65.0 Å². The third-order valence-electron chi connectivity index (χ3n) is 3.64. The Morgan fingerprint density at radius 1 is 1.10 bits per heavy atom. The van der Waals surface area contributed by atoms with Crippen molar-refractivity contribution in [3.8, 4) is 0 Å². The predicted octanol–water partition coefficient (Wildman–Crippen LogP) is 3.91. The average molecular weight is 268 g/mol. The van der Waals surface area contributed by atoms with E-state index >= 15 is 0 Å². The predicted molar refractivity (Wildman–Crippen MR) is 85.0 cm³/mol. The standard InChI is InChI=1S/C18H24N2/c1-4-15-9-10-18(20-13-15)12-16-7-6-8-17(11-16)14(3)19-5-2/h6-11,13-14,19H,4-5,12H2,1-3H3. The van der Waals surface area contributed by atoms with Crippen LogP contribution < -0.4 is 5.32 Å². The number of rotatable bonds is 6. The summed E-state index contributed by atoms with van der Waals surface area (Å²) >= 11 is 0. The lowest BCUT2D eigenvalue weighted by molar-refractivity contribution is 0.597. The molecule has 0 fully saturated rings. The molecule has 1 unspecified atom stereocenters. The summed E-state index contributed by atoms with van der Waals surface area (Å²) < 4.78 is 0. The lowest BCUT2D eigenvalue weighted by atomic mass is 10.0. The van der Waals surface area contributed by atoms with Crippen LogP contribution in [-0.4, -0.2) is 11.5 Å². The number of hydrogen-bond donors (Lipinski definition) is 1. The fourth-order valence-electron chi connectivity index (χ4n) is 2.37. The quantitative estimate of drug-likeness (QED) is 0.859. The molecule has 0 aliphatic rings. The molecular formula is C18H24N2. The summed E-state index contributed by atoms with van der Waals surface area (Å²) in [4.78, 5) is 4.54. The number of nitrogens with zero attached hydrogens (tertiary/aromatic N) is 1. The van der Waals surface area contributed by atoms with Crippen molar-refractivity contribution in [3.63, 3.8) is 0 Å². The molecule has 2 aromatic rings. The minimum absolute atomic E-state index is 0.398. The first-order valence-electron chi connectivity index (χ1n) is 7.49. The van der Waals surface area contributed by atoms with Gasteiger partial charge in [0, 0.05) is 24.4 Å². The molecule has 0 aliphatic carbocycles. The lowest BCUT2D eigenvalue weighted by Crippen LogP contribution is -2.17. The van der Waals surface area contributed by atoms with Gasteiger partial charge >= 0.3 is 0 Å². The minimum atomic E-state index is 0.398. The Kier molecular flexibility index (Phi) is 5.31. The fourth-order valence-corrected chi connectivity index (χ4v) is 2.37. The summed E-state index contributed by atoms with van der Waals surface area (Å²) in [6.07, 6.45) is 3.93. The van der Waals surface area contributed by atoms with Gasteiger partial charge in [-0.15, -0.1) is 0 Å². The molecule has 0 saturated heterocycles. The van der Waals surface area contributed by atoms with Crippen molar-refractivity contribution < 1.29 is 0 Å². The Labute approximate surface area is 122 Å². The van der Waals surface area contributed by atoms with Gasteiger partial charge in [0.25, 0.3) is 0 Å². The van der Waals surface area contributed by atoms with Crippen LogP contribution in [0.1, 0.15) is 49.2 Å². The first kappa shape index (κ1) is 14.7. The normalized spacial score (nSPS) is 12.3. The number of pyridine rings is 1. The number of hydrogen-bond acceptors (Lipinski definition) is 2. The van der Waals surface area contributed by atoms with Crippen molar-refractivity contribution >= 4 is 0 Å². The molecule has 0 radical (unpaired) electrons. The molecule has 1 aromatic heterocycles. The Hall–Kier alpha value is -1.67. The van der Waals surface area contributed by atoms with Crippen LogP contribution in [0.5, 0.6) is 0 Å². The molecule has 1 N–H and O–H groups in total. The maximum Gasteiger partial charge on any atom is 0.0447 e. The van der Waals surface area contributed by atoms with Gasteiger partial charge < -0.3 is 5.32 Å². The molecule has 1 atom stereocenters. The zero-order valence-electron chi connectivity index (χ0n) is 12.7. The molecule has 0 aliphatic heterocycles. The van der Waals surface area contributed by atoms with E-state index in [1.807, 2.05) is 6.20 Å². The molecule has 0 saturated carbocycles. The molecule has 2 rings (SSSR count). The van der Waals surface area contributed by atoms with Crippen LogP contribution in [0, 0.1) is 0 Å². The number of aromatic nitrogens is 1. The first-order chi connectivity index (χ1) is 9.72. The van der Waals surface area contributed by atoms with Gasteiger partial charge in [0.1, 0.15) is 0 Å².